The number of aliphatic hydroxyl groups is 1. The summed E-state index contributed by atoms with van der Waals surface area (Å²) in [7, 11) is 0. The average Bonchev–Trinajstić information content (AvgIpc) is 2.40. The summed E-state index contributed by atoms with van der Waals surface area (Å²) < 4.78 is 0. The molecule has 2 fully saturated rings. The number of fused-ring (bicyclic) bond motifs is 1. The van der Waals surface area contributed by atoms with Gasteiger partial charge in [-0.2, -0.15) is 0 Å². The normalized spacial score (nSPS) is 40.6. The van der Waals surface area contributed by atoms with E-state index in [0.717, 1.165) is 19.4 Å². The monoisotopic (exact) mass is 184 g/mol. The van der Waals surface area contributed by atoms with Gasteiger partial charge in [0.2, 0.25) is 0 Å². The lowest BCUT2D eigenvalue weighted by Crippen LogP contribution is -2.37. The molecule has 2 aliphatic heterocycles. The summed E-state index contributed by atoms with van der Waals surface area (Å²) in [4.78, 5) is 2.44. The van der Waals surface area contributed by atoms with Gasteiger partial charge in [-0.25, -0.2) is 0 Å². The number of nitrogens with zero attached hydrogens (tertiary/aromatic N) is 1. The molecular formula is C10H20N2O. The molecule has 3 N–H and O–H groups in total. The summed E-state index contributed by atoms with van der Waals surface area (Å²) in [6.07, 6.45) is 5.62. The molecule has 76 valence electrons. The Morgan fingerprint density at radius 3 is 3.00 bits per heavy atom. The van der Waals surface area contributed by atoms with Crippen LogP contribution in [0.4, 0.5) is 0 Å². The van der Waals surface area contributed by atoms with E-state index in [0.29, 0.717) is 12.6 Å². The van der Waals surface area contributed by atoms with Crippen molar-refractivity contribution in [2.24, 2.45) is 5.73 Å². The van der Waals surface area contributed by atoms with Gasteiger partial charge in [0.25, 0.3) is 0 Å². The van der Waals surface area contributed by atoms with Crippen molar-refractivity contribution in [3.05, 3.63) is 0 Å². The molecule has 0 amide bonds. The highest BCUT2D eigenvalue weighted by Gasteiger charge is 2.42. The van der Waals surface area contributed by atoms with Gasteiger partial charge in [-0.05, 0) is 38.8 Å². The first kappa shape index (κ1) is 9.44. The second kappa shape index (κ2) is 3.56. The molecule has 13 heavy (non-hydrogen) atoms. The largest absolute Gasteiger partial charge is 0.388 e. The van der Waals surface area contributed by atoms with E-state index < -0.39 is 5.60 Å². The Balaban J connectivity index is 1.97. The van der Waals surface area contributed by atoms with Gasteiger partial charge in [0.1, 0.15) is 0 Å². The summed E-state index contributed by atoms with van der Waals surface area (Å²) in [5.41, 5.74) is 5.04. The van der Waals surface area contributed by atoms with Gasteiger partial charge in [-0.3, -0.25) is 4.90 Å². The zero-order valence-corrected chi connectivity index (χ0v) is 8.21. The average molecular weight is 184 g/mol. The van der Waals surface area contributed by atoms with Crippen molar-refractivity contribution < 1.29 is 5.11 Å². The van der Waals surface area contributed by atoms with Crippen LogP contribution in [-0.2, 0) is 0 Å². The molecule has 0 aromatic heterocycles. The van der Waals surface area contributed by atoms with Crippen LogP contribution in [0.3, 0.4) is 0 Å². The topological polar surface area (TPSA) is 49.5 Å². The molecule has 0 aliphatic carbocycles. The highest BCUT2D eigenvalue weighted by atomic mass is 16.3. The second-order valence-corrected chi connectivity index (χ2v) is 4.59. The lowest BCUT2D eigenvalue weighted by atomic mass is 9.94. The molecule has 0 saturated carbocycles. The Kier molecular flexibility index (Phi) is 2.58. The van der Waals surface area contributed by atoms with Crippen LogP contribution in [0.15, 0.2) is 0 Å². The molecule has 2 unspecified atom stereocenters. The lowest BCUT2D eigenvalue weighted by molar-refractivity contribution is 0.0431. The van der Waals surface area contributed by atoms with E-state index in [4.69, 9.17) is 5.73 Å². The molecule has 0 bridgehead atoms. The quantitative estimate of drug-likeness (QED) is 0.650. The Hall–Kier alpha value is -0.120. The molecule has 2 rings (SSSR count). The maximum absolute atomic E-state index is 10.2. The van der Waals surface area contributed by atoms with Crippen molar-refractivity contribution in [1.82, 2.24) is 4.90 Å². The van der Waals surface area contributed by atoms with Crippen molar-refractivity contribution in [3.8, 4) is 0 Å². The van der Waals surface area contributed by atoms with Gasteiger partial charge in [0.05, 0.1) is 5.60 Å². The standard InChI is InChI=1S/C10H20N2O/c11-5-4-10(13)7-9-3-1-2-6-12(9)8-10/h9,13H,1-8,11H2. The van der Waals surface area contributed by atoms with E-state index in [9.17, 15) is 5.11 Å². The van der Waals surface area contributed by atoms with E-state index in [2.05, 4.69) is 4.90 Å². The summed E-state index contributed by atoms with van der Waals surface area (Å²) in [6, 6.07) is 0.644. The maximum atomic E-state index is 10.2. The zero-order chi connectivity index (χ0) is 9.31. The fourth-order valence-electron chi connectivity index (χ4n) is 2.83. The van der Waals surface area contributed by atoms with Crippen LogP contribution in [0.2, 0.25) is 0 Å². The minimum absolute atomic E-state index is 0.468. The van der Waals surface area contributed by atoms with Crippen LogP contribution in [0.1, 0.15) is 32.1 Å². The fourth-order valence-corrected chi connectivity index (χ4v) is 2.83. The van der Waals surface area contributed by atoms with E-state index in [1.807, 2.05) is 0 Å². The van der Waals surface area contributed by atoms with E-state index >= 15 is 0 Å². The second-order valence-electron chi connectivity index (χ2n) is 4.59. The van der Waals surface area contributed by atoms with Crippen LogP contribution in [-0.4, -0.2) is 41.3 Å². The number of hydrogen-bond donors (Lipinski definition) is 2. The molecule has 3 nitrogen and oxygen atoms in total. The van der Waals surface area contributed by atoms with E-state index in [-0.39, 0.29) is 0 Å². The highest BCUT2D eigenvalue weighted by molar-refractivity contribution is 4.97. The number of nitrogens with two attached hydrogens (primary N) is 1. The first-order chi connectivity index (χ1) is 6.23. The summed E-state index contributed by atoms with van der Waals surface area (Å²) in [6.45, 7) is 2.64. The van der Waals surface area contributed by atoms with Crippen molar-refractivity contribution in [2.45, 2.75) is 43.7 Å². The summed E-state index contributed by atoms with van der Waals surface area (Å²) in [5.74, 6) is 0. The first-order valence-electron chi connectivity index (χ1n) is 5.40. The Labute approximate surface area is 79.9 Å². The lowest BCUT2D eigenvalue weighted by Gasteiger charge is -2.28. The number of rotatable bonds is 2. The van der Waals surface area contributed by atoms with Gasteiger partial charge in [-0.1, -0.05) is 6.42 Å². The third-order valence-electron chi connectivity index (χ3n) is 3.47. The Morgan fingerprint density at radius 2 is 2.31 bits per heavy atom. The van der Waals surface area contributed by atoms with Gasteiger partial charge >= 0.3 is 0 Å². The summed E-state index contributed by atoms with van der Waals surface area (Å²) >= 11 is 0. The first-order valence-corrected chi connectivity index (χ1v) is 5.40. The maximum Gasteiger partial charge on any atom is 0.0801 e. The summed E-state index contributed by atoms with van der Waals surface area (Å²) in [5, 5.41) is 10.2. The van der Waals surface area contributed by atoms with Crippen LogP contribution in [0.25, 0.3) is 0 Å². The van der Waals surface area contributed by atoms with Crippen molar-refractivity contribution in [2.75, 3.05) is 19.6 Å². The molecule has 3 heteroatoms. The van der Waals surface area contributed by atoms with Crippen molar-refractivity contribution in [1.29, 1.82) is 0 Å². The third-order valence-corrected chi connectivity index (χ3v) is 3.47. The van der Waals surface area contributed by atoms with Crippen LogP contribution in [0, 0.1) is 0 Å². The van der Waals surface area contributed by atoms with Gasteiger partial charge < -0.3 is 10.8 Å². The van der Waals surface area contributed by atoms with E-state index in [1.165, 1.54) is 25.8 Å². The molecular weight excluding hydrogens is 164 g/mol. The van der Waals surface area contributed by atoms with Gasteiger partial charge in [-0.15, -0.1) is 0 Å². The molecule has 2 atom stereocenters. The zero-order valence-electron chi connectivity index (χ0n) is 8.21. The van der Waals surface area contributed by atoms with Gasteiger partial charge in [0.15, 0.2) is 0 Å². The minimum Gasteiger partial charge on any atom is -0.388 e. The predicted octanol–water partition coefficient (Wildman–Crippen LogP) is 0.324. The molecule has 2 saturated heterocycles. The van der Waals surface area contributed by atoms with Crippen molar-refractivity contribution in [3.63, 3.8) is 0 Å². The van der Waals surface area contributed by atoms with Gasteiger partial charge in [0, 0.05) is 12.6 Å². The predicted molar refractivity (Wildman–Crippen MR) is 52.5 cm³/mol. The van der Waals surface area contributed by atoms with E-state index in [1.54, 1.807) is 0 Å². The SMILES string of the molecule is NCCC1(O)CC2CCCCN2C1. The Morgan fingerprint density at radius 1 is 1.46 bits per heavy atom. The van der Waals surface area contributed by atoms with Crippen LogP contribution < -0.4 is 5.73 Å². The molecule has 0 aromatic carbocycles. The molecule has 0 spiro atoms. The van der Waals surface area contributed by atoms with Crippen LogP contribution >= 0.6 is 0 Å². The molecule has 0 radical (unpaired) electrons. The minimum atomic E-state index is -0.468. The number of piperidine rings is 1. The Bertz CT molecular complexity index is 170. The molecule has 2 aliphatic rings. The third kappa shape index (κ3) is 1.87. The molecule has 0 aromatic rings. The number of hydrogen-bond acceptors (Lipinski definition) is 3. The van der Waals surface area contributed by atoms with Crippen molar-refractivity contribution >= 4 is 0 Å². The molecule has 2 heterocycles. The fraction of sp³-hybridized carbons (Fsp3) is 1.00. The highest BCUT2D eigenvalue weighted by Crippen LogP contribution is 2.34. The van der Waals surface area contributed by atoms with Crippen LogP contribution in [0.5, 0.6) is 0 Å². The smallest absolute Gasteiger partial charge is 0.0801 e.